The van der Waals surface area contributed by atoms with Crippen molar-refractivity contribution >= 4 is 34.6 Å². The average Bonchev–Trinajstić information content (AvgIpc) is 3.29. The number of carbonyl (C=O) groups is 2. The lowest BCUT2D eigenvalue weighted by Crippen LogP contribution is -2.46. The zero-order valence-corrected chi connectivity index (χ0v) is 24.8. The van der Waals surface area contributed by atoms with Crippen LogP contribution in [0.3, 0.4) is 0 Å². The van der Waals surface area contributed by atoms with Gasteiger partial charge in [0.1, 0.15) is 11.5 Å². The van der Waals surface area contributed by atoms with Gasteiger partial charge in [-0.25, -0.2) is 14.2 Å². The van der Waals surface area contributed by atoms with Gasteiger partial charge in [0.25, 0.3) is 17.4 Å². The maximum atomic E-state index is 14.2. The molecule has 1 aromatic carbocycles. The van der Waals surface area contributed by atoms with Crippen LogP contribution in [0.5, 0.6) is 0 Å². The summed E-state index contributed by atoms with van der Waals surface area (Å²) in [7, 11) is 0. The fourth-order valence-electron chi connectivity index (χ4n) is 6.74. The first-order chi connectivity index (χ1) is 20.2. The van der Waals surface area contributed by atoms with Gasteiger partial charge in [0, 0.05) is 31.2 Å². The normalized spacial score (nSPS) is 21.2. The minimum Gasteiger partial charge on any atom is -0.349 e. The molecule has 0 atom stereocenters. The molecule has 3 aromatic rings. The summed E-state index contributed by atoms with van der Waals surface area (Å²) in [5, 5.41) is 3.22. The Morgan fingerprint density at radius 2 is 1.76 bits per heavy atom. The molecule has 0 spiro atoms. The van der Waals surface area contributed by atoms with Crippen molar-refractivity contribution in [1.82, 2.24) is 24.3 Å². The van der Waals surface area contributed by atoms with Crippen molar-refractivity contribution in [3.8, 4) is 0 Å². The van der Waals surface area contributed by atoms with E-state index in [1.807, 2.05) is 23.9 Å². The van der Waals surface area contributed by atoms with Gasteiger partial charge < -0.3 is 10.2 Å². The number of nitrogens with zero attached hydrogens (tertiary/aromatic N) is 4. The Hall–Kier alpha value is -3.47. The van der Waals surface area contributed by atoms with Gasteiger partial charge in [0.15, 0.2) is 0 Å². The predicted octanol–water partition coefficient (Wildman–Crippen LogP) is 4.29. The minimum absolute atomic E-state index is 0.0894. The van der Waals surface area contributed by atoms with Gasteiger partial charge in [0.2, 0.25) is 0 Å². The van der Waals surface area contributed by atoms with E-state index >= 15 is 0 Å². The van der Waals surface area contributed by atoms with E-state index < -0.39 is 11.4 Å². The molecule has 1 N–H and O–H groups in total. The Kier molecular flexibility index (Phi) is 7.95. The van der Waals surface area contributed by atoms with E-state index in [9.17, 15) is 23.6 Å². The smallest absolute Gasteiger partial charge is 0.333 e. The summed E-state index contributed by atoms with van der Waals surface area (Å²) in [4.78, 5) is 59.9. The number of hydrogen-bond donors (Lipinski definition) is 1. The van der Waals surface area contributed by atoms with E-state index in [0.29, 0.717) is 55.8 Å². The van der Waals surface area contributed by atoms with Crippen molar-refractivity contribution in [2.24, 2.45) is 5.92 Å². The van der Waals surface area contributed by atoms with Crippen LogP contribution >= 0.6 is 11.8 Å². The largest absolute Gasteiger partial charge is 0.349 e. The van der Waals surface area contributed by atoms with Crippen molar-refractivity contribution < 1.29 is 14.0 Å². The molecular weight excluding hydrogens is 557 g/mol. The van der Waals surface area contributed by atoms with E-state index in [1.54, 1.807) is 15.5 Å². The standard InChI is InChI=1S/C31H36FN5O4S/c1-18(2)16-35-17-19-4-3-5-24(26(19)30(35)40)28(38)34-21-6-8-22(9-7-21)37-29(39)25-14-20(32)15-33-27(25)36(31(37)41)23-10-12-42-13-11-23/h3-5,14-15,18,21-23H,6-13,16-17H2,1-2H3,(H,34,38). The Bertz CT molecular complexity index is 1650. The van der Waals surface area contributed by atoms with Gasteiger partial charge in [-0.1, -0.05) is 26.0 Å². The first-order valence-electron chi connectivity index (χ1n) is 14.8. The van der Waals surface area contributed by atoms with Crippen molar-refractivity contribution in [2.75, 3.05) is 18.1 Å². The number of aromatic nitrogens is 3. The van der Waals surface area contributed by atoms with Crippen molar-refractivity contribution in [3.05, 3.63) is 73.8 Å². The monoisotopic (exact) mass is 593 g/mol. The molecule has 2 amide bonds. The van der Waals surface area contributed by atoms with Gasteiger partial charge in [0.05, 0.1) is 22.7 Å². The molecule has 9 nitrogen and oxygen atoms in total. The van der Waals surface area contributed by atoms with Crippen LogP contribution < -0.4 is 16.6 Å². The molecule has 4 heterocycles. The SMILES string of the molecule is CC(C)CN1Cc2cccc(C(=O)NC3CCC(n4c(=O)c5cc(F)cnc5n(C5CCSCC5)c4=O)CC3)c2C1=O. The van der Waals surface area contributed by atoms with Gasteiger partial charge in [-0.3, -0.25) is 23.5 Å². The molecule has 3 aliphatic rings. The van der Waals surface area contributed by atoms with Crippen LogP contribution in [-0.4, -0.2) is 54.9 Å². The number of nitrogens with one attached hydrogen (secondary N) is 1. The molecule has 1 saturated carbocycles. The highest BCUT2D eigenvalue weighted by Crippen LogP contribution is 2.31. The quantitative estimate of drug-likeness (QED) is 0.457. The summed E-state index contributed by atoms with van der Waals surface area (Å²) in [6.07, 6.45) is 4.82. The van der Waals surface area contributed by atoms with Crippen LogP contribution in [0.15, 0.2) is 40.1 Å². The molecule has 6 rings (SSSR count). The summed E-state index contributed by atoms with van der Waals surface area (Å²) in [6, 6.07) is 6.00. The number of halogens is 1. The molecular formula is C31H36FN5O4S. The molecule has 11 heteroatoms. The third-order valence-corrected chi connectivity index (χ3v) is 9.77. The highest BCUT2D eigenvalue weighted by Gasteiger charge is 2.34. The van der Waals surface area contributed by atoms with E-state index in [2.05, 4.69) is 24.1 Å². The van der Waals surface area contributed by atoms with Crippen LogP contribution in [0.25, 0.3) is 11.0 Å². The zero-order chi connectivity index (χ0) is 29.5. The fourth-order valence-corrected chi connectivity index (χ4v) is 7.82. The van der Waals surface area contributed by atoms with Crippen LogP contribution in [0.1, 0.15) is 90.7 Å². The fraction of sp³-hybridized carbons (Fsp3) is 0.516. The second-order valence-corrected chi connectivity index (χ2v) is 13.3. The third kappa shape index (κ3) is 5.27. The van der Waals surface area contributed by atoms with Crippen molar-refractivity contribution in [3.63, 3.8) is 0 Å². The Morgan fingerprint density at radius 3 is 2.48 bits per heavy atom. The summed E-state index contributed by atoms with van der Waals surface area (Å²) in [6.45, 7) is 5.27. The van der Waals surface area contributed by atoms with Gasteiger partial charge in [-0.15, -0.1) is 0 Å². The highest BCUT2D eigenvalue weighted by molar-refractivity contribution is 7.99. The molecule has 0 radical (unpaired) electrons. The van der Waals surface area contributed by atoms with E-state index in [0.717, 1.165) is 36.1 Å². The van der Waals surface area contributed by atoms with Gasteiger partial charge in [-0.05, 0) is 73.6 Å². The van der Waals surface area contributed by atoms with E-state index in [-0.39, 0.29) is 46.7 Å². The maximum absolute atomic E-state index is 14.2. The average molecular weight is 594 g/mol. The third-order valence-electron chi connectivity index (χ3n) is 8.72. The molecule has 1 saturated heterocycles. The van der Waals surface area contributed by atoms with Gasteiger partial charge in [-0.2, -0.15) is 11.8 Å². The first-order valence-corrected chi connectivity index (χ1v) is 16.0. The lowest BCUT2D eigenvalue weighted by atomic mass is 9.90. The van der Waals surface area contributed by atoms with Crippen LogP contribution in [0.2, 0.25) is 0 Å². The Labute approximate surface area is 247 Å². The summed E-state index contributed by atoms with van der Waals surface area (Å²) < 4.78 is 17.1. The number of hydrogen-bond acceptors (Lipinski definition) is 6. The predicted molar refractivity (Wildman–Crippen MR) is 161 cm³/mol. The molecule has 2 aromatic heterocycles. The number of thioether (sulfide) groups is 1. The molecule has 2 fully saturated rings. The van der Waals surface area contributed by atoms with Crippen molar-refractivity contribution in [2.45, 2.75) is 77.0 Å². The topological polar surface area (TPSA) is 106 Å². The van der Waals surface area contributed by atoms with E-state index in [4.69, 9.17) is 0 Å². The minimum atomic E-state index is -0.611. The highest BCUT2D eigenvalue weighted by atomic mass is 32.2. The molecule has 1 aliphatic carbocycles. The zero-order valence-electron chi connectivity index (χ0n) is 24.0. The molecule has 0 unspecified atom stereocenters. The Balaban J connectivity index is 1.21. The second-order valence-electron chi connectivity index (χ2n) is 12.1. The summed E-state index contributed by atoms with van der Waals surface area (Å²) in [5.41, 5.74) is 1.08. The lowest BCUT2D eigenvalue weighted by molar-refractivity contribution is 0.0753. The van der Waals surface area contributed by atoms with Crippen LogP contribution in [-0.2, 0) is 6.54 Å². The summed E-state index contributed by atoms with van der Waals surface area (Å²) >= 11 is 1.83. The second kappa shape index (κ2) is 11.7. The summed E-state index contributed by atoms with van der Waals surface area (Å²) in [5.74, 6) is 1.15. The number of carbonyl (C=O) groups excluding carboxylic acids is 2. The lowest BCUT2D eigenvalue weighted by Gasteiger charge is -2.31. The first kappa shape index (κ1) is 28.6. The molecule has 0 bridgehead atoms. The van der Waals surface area contributed by atoms with Crippen LogP contribution in [0.4, 0.5) is 4.39 Å². The number of pyridine rings is 1. The number of amides is 2. The Morgan fingerprint density at radius 1 is 1.05 bits per heavy atom. The van der Waals surface area contributed by atoms with E-state index in [1.165, 1.54) is 10.6 Å². The van der Waals surface area contributed by atoms with Gasteiger partial charge >= 0.3 is 5.69 Å². The van der Waals surface area contributed by atoms with Crippen LogP contribution in [0, 0.1) is 11.7 Å². The molecule has 2 aliphatic heterocycles. The van der Waals surface area contributed by atoms with Crippen molar-refractivity contribution in [1.29, 1.82) is 0 Å². The number of fused-ring (bicyclic) bond motifs is 2. The number of rotatable bonds is 6. The molecule has 222 valence electrons. The maximum Gasteiger partial charge on any atom is 0.333 e. The number of benzene rings is 1. The molecule has 42 heavy (non-hydrogen) atoms.